The Bertz CT molecular complexity index is 1060. The molecule has 1 amide bonds. The summed E-state index contributed by atoms with van der Waals surface area (Å²) in [5.74, 6) is -0.416. The van der Waals surface area contributed by atoms with Crippen LogP contribution in [0.15, 0.2) is 65.8 Å². The fraction of sp³-hybridized carbons (Fsp3) is 0.158. The Morgan fingerprint density at radius 1 is 1.19 bits per heavy atom. The van der Waals surface area contributed by atoms with Crippen LogP contribution in [-0.4, -0.2) is 36.9 Å². The highest BCUT2D eigenvalue weighted by Crippen LogP contribution is 2.20. The maximum absolute atomic E-state index is 12.4. The van der Waals surface area contributed by atoms with Crippen molar-refractivity contribution < 1.29 is 13.2 Å². The Hall–Kier alpha value is -2.64. The van der Waals surface area contributed by atoms with Gasteiger partial charge in [0.25, 0.3) is 5.91 Å². The quantitative estimate of drug-likeness (QED) is 0.686. The molecule has 2 aromatic carbocycles. The summed E-state index contributed by atoms with van der Waals surface area (Å²) in [5.41, 5.74) is 2.06. The monoisotopic (exact) mass is 403 g/mol. The lowest BCUT2D eigenvalue weighted by Gasteiger charge is -2.08. The van der Waals surface area contributed by atoms with Crippen molar-refractivity contribution in [2.45, 2.75) is 11.3 Å². The average molecular weight is 404 g/mol. The highest BCUT2D eigenvalue weighted by molar-refractivity contribution is 7.90. The van der Waals surface area contributed by atoms with Crippen molar-refractivity contribution in [3.63, 3.8) is 0 Å². The maximum atomic E-state index is 12.4. The predicted octanol–water partition coefficient (Wildman–Crippen LogP) is 2.90. The lowest BCUT2D eigenvalue weighted by Crippen LogP contribution is -2.26. The van der Waals surface area contributed by atoms with Crippen molar-refractivity contribution in [2.75, 3.05) is 12.8 Å². The molecule has 0 aliphatic rings. The van der Waals surface area contributed by atoms with Gasteiger partial charge in [0.2, 0.25) is 0 Å². The number of hydrogen-bond donors (Lipinski definition) is 1. The van der Waals surface area contributed by atoms with Gasteiger partial charge in [-0.2, -0.15) is 5.10 Å². The Kier molecular flexibility index (Phi) is 5.62. The normalized spacial score (nSPS) is 11.3. The number of halogens is 1. The zero-order chi connectivity index (χ0) is 19.4. The van der Waals surface area contributed by atoms with E-state index in [-0.39, 0.29) is 15.5 Å². The molecule has 6 nitrogen and oxygen atoms in total. The third kappa shape index (κ3) is 4.75. The predicted molar refractivity (Wildman–Crippen MR) is 104 cm³/mol. The van der Waals surface area contributed by atoms with Crippen molar-refractivity contribution >= 4 is 27.3 Å². The molecule has 140 valence electrons. The van der Waals surface area contributed by atoms with E-state index in [2.05, 4.69) is 10.4 Å². The molecule has 3 aromatic rings. The Morgan fingerprint density at radius 2 is 1.93 bits per heavy atom. The van der Waals surface area contributed by atoms with Crippen molar-refractivity contribution in [2.24, 2.45) is 0 Å². The van der Waals surface area contributed by atoms with E-state index >= 15 is 0 Å². The van der Waals surface area contributed by atoms with Crippen molar-refractivity contribution in [3.05, 3.63) is 77.1 Å². The number of amides is 1. The number of sulfone groups is 1. The van der Waals surface area contributed by atoms with Crippen LogP contribution in [0.25, 0.3) is 5.69 Å². The van der Waals surface area contributed by atoms with Gasteiger partial charge in [0.05, 0.1) is 27.4 Å². The molecule has 0 fully saturated rings. The van der Waals surface area contributed by atoms with Gasteiger partial charge in [-0.1, -0.05) is 29.8 Å². The highest BCUT2D eigenvalue weighted by atomic mass is 35.5. The van der Waals surface area contributed by atoms with E-state index in [1.54, 1.807) is 10.9 Å². The molecule has 0 aliphatic heterocycles. The zero-order valence-corrected chi connectivity index (χ0v) is 16.2. The second kappa shape index (κ2) is 7.94. The molecule has 8 heteroatoms. The van der Waals surface area contributed by atoms with Gasteiger partial charge in [0, 0.05) is 19.0 Å². The van der Waals surface area contributed by atoms with Gasteiger partial charge in [-0.15, -0.1) is 0 Å². The molecular weight excluding hydrogens is 386 g/mol. The second-order valence-electron chi connectivity index (χ2n) is 6.05. The molecule has 1 N–H and O–H groups in total. The topological polar surface area (TPSA) is 81.1 Å². The van der Waals surface area contributed by atoms with Gasteiger partial charge in [0.1, 0.15) is 0 Å². The van der Waals surface area contributed by atoms with E-state index in [9.17, 15) is 13.2 Å². The molecule has 0 saturated carbocycles. The first-order chi connectivity index (χ1) is 12.8. The van der Waals surface area contributed by atoms with Crippen LogP contribution < -0.4 is 5.32 Å². The van der Waals surface area contributed by atoms with Crippen molar-refractivity contribution in [1.29, 1.82) is 0 Å². The molecule has 0 atom stereocenters. The summed E-state index contributed by atoms with van der Waals surface area (Å²) >= 11 is 6.04. The van der Waals surface area contributed by atoms with Crippen molar-refractivity contribution in [3.8, 4) is 5.69 Å². The summed E-state index contributed by atoms with van der Waals surface area (Å²) in [6.07, 6.45) is 5.32. The molecule has 0 spiro atoms. The van der Waals surface area contributed by atoms with E-state index < -0.39 is 15.7 Å². The van der Waals surface area contributed by atoms with Crippen LogP contribution in [0.2, 0.25) is 5.02 Å². The minimum Gasteiger partial charge on any atom is -0.352 e. The molecule has 0 aliphatic carbocycles. The van der Waals surface area contributed by atoms with Gasteiger partial charge in [0.15, 0.2) is 9.84 Å². The summed E-state index contributed by atoms with van der Waals surface area (Å²) in [5, 5.41) is 7.28. The van der Waals surface area contributed by atoms with Gasteiger partial charge < -0.3 is 5.32 Å². The summed E-state index contributed by atoms with van der Waals surface area (Å²) in [6.45, 7) is 0.374. The number of nitrogens with zero attached hydrogens (tertiary/aromatic N) is 2. The number of benzene rings is 2. The Labute approximate surface area is 162 Å². The molecule has 0 radical (unpaired) electrons. The lowest BCUT2D eigenvalue weighted by molar-refractivity contribution is 0.0954. The van der Waals surface area contributed by atoms with Crippen LogP contribution in [0.3, 0.4) is 0 Å². The Morgan fingerprint density at radius 3 is 2.63 bits per heavy atom. The largest absolute Gasteiger partial charge is 0.352 e. The van der Waals surface area contributed by atoms with E-state index in [0.29, 0.717) is 13.0 Å². The zero-order valence-electron chi connectivity index (χ0n) is 14.6. The van der Waals surface area contributed by atoms with Crippen LogP contribution >= 0.6 is 11.6 Å². The number of rotatable bonds is 6. The molecular formula is C19H18ClN3O3S. The summed E-state index contributed by atoms with van der Waals surface area (Å²) in [4.78, 5) is 12.4. The molecule has 0 unspecified atom stereocenters. The minimum absolute atomic E-state index is 0.0567. The van der Waals surface area contributed by atoms with Gasteiger partial charge >= 0.3 is 0 Å². The van der Waals surface area contributed by atoms with E-state index in [4.69, 9.17) is 11.6 Å². The van der Waals surface area contributed by atoms with Crippen LogP contribution in [0.4, 0.5) is 0 Å². The van der Waals surface area contributed by atoms with E-state index in [1.165, 1.54) is 18.2 Å². The van der Waals surface area contributed by atoms with Crippen LogP contribution in [0, 0.1) is 0 Å². The molecule has 0 bridgehead atoms. The summed E-state index contributed by atoms with van der Waals surface area (Å²) in [6, 6.07) is 13.8. The number of para-hydroxylation sites is 1. The maximum Gasteiger partial charge on any atom is 0.252 e. The fourth-order valence-electron chi connectivity index (χ4n) is 2.54. The molecule has 3 rings (SSSR count). The van der Waals surface area contributed by atoms with Crippen LogP contribution in [0.1, 0.15) is 15.9 Å². The third-order valence-corrected chi connectivity index (χ3v) is 5.41. The van der Waals surface area contributed by atoms with Gasteiger partial charge in [-0.05, 0) is 42.3 Å². The second-order valence-corrected chi connectivity index (χ2v) is 8.47. The number of carbonyl (C=O) groups is 1. The standard InChI is InChI=1S/C19H18ClN3O3S/c1-27(25,26)16-7-8-18(20)17(11-16)19(24)21-10-9-14-12-22-23(13-14)15-5-3-2-4-6-15/h2-8,11-13H,9-10H2,1H3,(H,21,24). The van der Waals surface area contributed by atoms with Crippen LogP contribution in [-0.2, 0) is 16.3 Å². The molecule has 0 saturated heterocycles. The first-order valence-corrected chi connectivity index (χ1v) is 10.5. The van der Waals surface area contributed by atoms with E-state index in [1.807, 2.05) is 36.5 Å². The first kappa shape index (κ1) is 19.1. The fourth-order valence-corrected chi connectivity index (χ4v) is 3.39. The minimum atomic E-state index is -3.41. The summed E-state index contributed by atoms with van der Waals surface area (Å²) in [7, 11) is -3.41. The van der Waals surface area contributed by atoms with Gasteiger partial charge in [-0.3, -0.25) is 4.79 Å². The van der Waals surface area contributed by atoms with E-state index in [0.717, 1.165) is 17.5 Å². The number of nitrogens with one attached hydrogen (secondary N) is 1. The first-order valence-electron chi connectivity index (χ1n) is 8.21. The Balaban J connectivity index is 1.63. The summed E-state index contributed by atoms with van der Waals surface area (Å²) < 4.78 is 25.1. The SMILES string of the molecule is CS(=O)(=O)c1ccc(Cl)c(C(=O)NCCc2cnn(-c3ccccc3)c2)c1. The number of carbonyl (C=O) groups excluding carboxylic acids is 1. The van der Waals surface area contributed by atoms with Crippen LogP contribution in [0.5, 0.6) is 0 Å². The smallest absolute Gasteiger partial charge is 0.252 e. The van der Waals surface area contributed by atoms with Gasteiger partial charge in [-0.25, -0.2) is 13.1 Å². The number of hydrogen-bond acceptors (Lipinski definition) is 4. The van der Waals surface area contributed by atoms with Crippen molar-refractivity contribution in [1.82, 2.24) is 15.1 Å². The highest BCUT2D eigenvalue weighted by Gasteiger charge is 2.15. The third-order valence-electron chi connectivity index (χ3n) is 3.97. The molecule has 27 heavy (non-hydrogen) atoms. The average Bonchev–Trinajstić information content (AvgIpc) is 3.10. The molecule has 1 aromatic heterocycles. The number of aromatic nitrogens is 2. The lowest BCUT2D eigenvalue weighted by atomic mass is 10.2. The molecule has 1 heterocycles.